The van der Waals surface area contributed by atoms with Gasteiger partial charge >= 0.3 is 5.97 Å². The van der Waals surface area contributed by atoms with Gasteiger partial charge in [0.1, 0.15) is 17.0 Å². The molecule has 0 radical (unpaired) electrons. The number of thiocarbonyl (C=S) groups is 1. The summed E-state index contributed by atoms with van der Waals surface area (Å²) in [7, 11) is 1.62. The molecule has 0 saturated carbocycles. The van der Waals surface area contributed by atoms with E-state index in [4.69, 9.17) is 31.5 Å². The molecule has 7 nitrogen and oxygen atoms in total. The molecule has 1 N–H and O–H groups in total. The Bertz CT molecular complexity index is 1350. The summed E-state index contributed by atoms with van der Waals surface area (Å²) in [6.45, 7) is 2.38. The van der Waals surface area contributed by atoms with Gasteiger partial charge in [-0.15, -0.1) is 0 Å². The van der Waals surface area contributed by atoms with Crippen molar-refractivity contribution >= 4 is 46.3 Å². The Labute approximate surface area is 237 Å². The number of rotatable bonds is 12. The Balaban J connectivity index is 1.63. The van der Waals surface area contributed by atoms with Gasteiger partial charge in [0.25, 0.3) is 5.91 Å². The molecule has 1 unspecified atom stereocenters. The molecule has 9 heteroatoms. The van der Waals surface area contributed by atoms with Crippen LogP contribution in [0.2, 0.25) is 0 Å². The lowest BCUT2D eigenvalue weighted by molar-refractivity contribution is -0.140. The molecule has 1 aliphatic rings. The van der Waals surface area contributed by atoms with Crippen LogP contribution in [0.3, 0.4) is 0 Å². The van der Waals surface area contributed by atoms with Crippen LogP contribution >= 0.6 is 24.0 Å². The lowest BCUT2D eigenvalue weighted by atomic mass is 10.0. The minimum Gasteiger partial charge on any atom is -0.489 e. The number of amides is 1. The van der Waals surface area contributed by atoms with E-state index in [1.807, 2.05) is 60.7 Å². The van der Waals surface area contributed by atoms with E-state index in [1.165, 1.54) is 5.56 Å². The Morgan fingerprint density at radius 2 is 1.67 bits per heavy atom. The van der Waals surface area contributed by atoms with Crippen molar-refractivity contribution in [2.45, 2.75) is 18.9 Å². The second-order valence-corrected chi connectivity index (χ2v) is 10.6. The predicted molar refractivity (Wildman–Crippen MR) is 156 cm³/mol. The molecular formula is C30H29NO6S2. The van der Waals surface area contributed by atoms with Crippen LogP contribution in [0.4, 0.5) is 0 Å². The first-order chi connectivity index (χ1) is 18.9. The SMILES string of the molecule is COCC(Oc1cc(/C=C2\SC(=S)N(CC(=O)O)C2=O)ccc1OC[C@H](C)c1ccccc1)c1ccccc1. The van der Waals surface area contributed by atoms with Crippen molar-refractivity contribution in [1.29, 1.82) is 0 Å². The number of carboxylic acid groups (broad SMARTS) is 1. The molecule has 4 rings (SSSR count). The van der Waals surface area contributed by atoms with Gasteiger partial charge in [0, 0.05) is 13.0 Å². The molecule has 0 aromatic heterocycles. The first kappa shape index (κ1) is 28.4. The normalized spacial score (nSPS) is 15.8. The van der Waals surface area contributed by atoms with Crippen LogP contribution in [-0.4, -0.2) is 53.1 Å². The minimum atomic E-state index is -1.13. The number of aliphatic carboxylic acids is 1. The highest BCUT2D eigenvalue weighted by molar-refractivity contribution is 8.26. The first-order valence-corrected chi connectivity index (χ1v) is 13.6. The van der Waals surface area contributed by atoms with E-state index in [-0.39, 0.29) is 10.2 Å². The molecule has 1 amide bonds. The van der Waals surface area contributed by atoms with Crippen LogP contribution < -0.4 is 9.47 Å². The molecule has 39 heavy (non-hydrogen) atoms. The van der Waals surface area contributed by atoms with Gasteiger partial charge in [-0.05, 0) is 34.9 Å². The molecule has 0 aliphatic carbocycles. The Kier molecular flexibility index (Phi) is 9.75. The number of hydrogen-bond donors (Lipinski definition) is 1. The topological polar surface area (TPSA) is 85.3 Å². The van der Waals surface area contributed by atoms with Gasteiger partial charge in [0.2, 0.25) is 0 Å². The van der Waals surface area contributed by atoms with Gasteiger partial charge in [0.15, 0.2) is 11.5 Å². The fourth-order valence-corrected chi connectivity index (χ4v) is 5.27. The Hall–Kier alpha value is -3.66. The fourth-order valence-electron chi connectivity index (χ4n) is 4.01. The number of carbonyl (C=O) groups excluding carboxylic acids is 1. The first-order valence-electron chi connectivity index (χ1n) is 12.3. The van der Waals surface area contributed by atoms with Crippen molar-refractivity contribution in [3.8, 4) is 11.5 Å². The van der Waals surface area contributed by atoms with Gasteiger partial charge in [-0.1, -0.05) is 97.6 Å². The standard InChI is InChI=1S/C30H29NO6S2/c1-20(22-9-5-3-6-10-22)18-36-24-14-13-21(16-27-29(34)31(17-28(32)33)30(38)39-27)15-25(24)37-26(19-35-2)23-11-7-4-8-12-23/h3-16,20,26H,17-19H2,1-2H3,(H,32,33)/b27-16-/t20-,26?/m0/s1. The highest BCUT2D eigenvalue weighted by Gasteiger charge is 2.33. The maximum absolute atomic E-state index is 12.8. The molecule has 202 valence electrons. The number of ether oxygens (including phenoxy) is 3. The zero-order valence-corrected chi connectivity index (χ0v) is 23.2. The Morgan fingerprint density at radius 1 is 1.00 bits per heavy atom. The molecule has 2 atom stereocenters. The largest absolute Gasteiger partial charge is 0.489 e. The van der Waals surface area contributed by atoms with Gasteiger partial charge in [0.05, 0.1) is 18.1 Å². The summed E-state index contributed by atoms with van der Waals surface area (Å²) in [5, 5.41) is 9.11. The van der Waals surface area contributed by atoms with Crippen molar-refractivity contribution in [3.05, 3.63) is 100 Å². The van der Waals surface area contributed by atoms with Crippen LogP contribution in [0, 0.1) is 0 Å². The number of carboxylic acids is 1. The van der Waals surface area contributed by atoms with E-state index < -0.39 is 24.5 Å². The lowest BCUT2D eigenvalue weighted by Gasteiger charge is -2.22. The fraction of sp³-hybridized carbons (Fsp3) is 0.233. The highest BCUT2D eigenvalue weighted by Crippen LogP contribution is 2.37. The molecular weight excluding hydrogens is 534 g/mol. The van der Waals surface area contributed by atoms with Crippen molar-refractivity contribution in [1.82, 2.24) is 4.90 Å². The van der Waals surface area contributed by atoms with E-state index in [1.54, 1.807) is 19.3 Å². The molecule has 1 aliphatic heterocycles. The van der Waals surface area contributed by atoms with Crippen LogP contribution in [0.25, 0.3) is 6.08 Å². The number of nitrogens with zero attached hydrogens (tertiary/aromatic N) is 1. The van der Waals surface area contributed by atoms with Crippen LogP contribution in [-0.2, 0) is 14.3 Å². The predicted octanol–water partition coefficient (Wildman–Crippen LogP) is 5.92. The summed E-state index contributed by atoms with van der Waals surface area (Å²) < 4.78 is 18.3. The van der Waals surface area contributed by atoms with Gasteiger partial charge in [-0.3, -0.25) is 14.5 Å². The molecule has 1 saturated heterocycles. The smallest absolute Gasteiger partial charge is 0.323 e. The maximum Gasteiger partial charge on any atom is 0.323 e. The summed E-state index contributed by atoms with van der Waals surface area (Å²) >= 11 is 6.29. The van der Waals surface area contributed by atoms with E-state index in [0.717, 1.165) is 22.2 Å². The van der Waals surface area contributed by atoms with Gasteiger partial charge in [-0.25, -0.2) is 0 Å². The number of methoxy groups -OCH3 is 1. The quantitative estimate of drug-likeness (QED) is 0.215. The van der Waals surface area contributed by atoms with Crippen LogP contribution in [0.5, 0.6) is 11.5 Å². The third-order valence-corrected chi connectivity index (χ3v) is 7.43. The summed E-state index contributed by atoms with van der Waals surface area (Å²) in [4.78, 5) is 25.3. The number of carbonyl (C=O) groups is 2. The van der Waals surface area contributed by atoms with Gasteiger partial charge < -0.3 is 19.3 Å². The summed E-state index contributed by atoms with van der Waals surface area (Å²) in [6, 6.07) is 25.3. The summed E-state index contributed by atoms with van der Waals surface area (Å²) in [5.41, 5.74) is 2.80. The van der Waals surface area contributed by atoms with Crippen molar-refractivity contribution < 1.29 is 28.9 Å². The maximum atomic E-state index is 12.8. The third-order valence-electron chi connectivity index (χ3n) is 6.05. The van der Waals surface area contributed by atoms with E-state index in [9.17, 15) is 9.59 Å². The average molecular weight is 564 g/mol. The average Bonchev–Trinajstić information content (AvgIpc) is 3.20. The minimum absolute atomic E-state index is 0.151. The van der Waals surface area contributed by atoms with Gasteiger partial charge in [-0.2, -0.15) is 0 Å². The highest BCUT2D eigenvalue weighted by atomic mass is 32.2. The van der Waals surface area contributed by atoms with E-state index in [2.05, 4.69) is 19.1 Å². The number of thioether (sulfide) groups is 1. The van der Waals surface area contributed by atoms with Crippen molar-refractivity contribution in [2.75, 3.05) is 26.9 Å². The second kappa shape index (κ2) is 13.4. The molecule has 3 aromatic carbocycles. The monoisotopic (exact) mass is 563 g/mol. The molecule has 0 spiro atoms. The summed E-state index contributed by atoms with van der Waals surface area (Å²) in [6.07, 6.45) is 1.28. The van der Waals surface area contributed by atoms with Crippen LogP contribution in [0.1, 0.15) is 35.6 Å². The zero-order valence-electron chi connectivity index (χ0n) is 21.6. The van der Waals surface area contributed by atoms with E-state index in [0.29, 0.717) is 35.2 Å². The molecule has 1 heterocycles. The Morgan fingerprint density at radius 3 is 2.31 bits per heavy atom. The van der Waals surface area contributed by atoms with Crippen molar-refractivity contribution in [3.63, 3.8) is 0 Å². The number of benzene rings is 3. The molecule has 1 fully saturated rings. The lowest BCUT2D eigenvalue weighted by Crippen LogP contribution is -2.33. The molecule has 0 bridgehead atoms. The zero-order chi connectivity index (χ0) is 27.8. The van der Waals surface area contributed by atoms with E-state index >= 15 is 0 Å². The second-order valence-electron chi connectivity index (χ2n) is 8.96. The van der Waals surface area contributed by atoms with Crippen LogP contribution in [0.15, 0.2) is 83.8 Å². The van der Waals surface area contributed by atoms with Crippen molar-refractivity contribution in [2.24, 2.45) is 0 Å². The summed E-state index contributed by atoms with van der Waals surface area (Å²) in [5.74, 6) is -0.354. The molecule has 3 aromatic rings. The number of hydrogen-bond acceptors (Lipinski definition) is 7. The third kappa shape index (κ3) is 7.47.